The number of carbonyl (C=O) groups excluding carboxylic acids is 1. The summed E-state index contributed by atoms with van der Waals surface area (Å²) >= 11 is 0. The van der Waals surface area contributed by atoms with E-state index in [4.69, 9.17) is 9.47 Å². The van der Waals surface area contributed by atoms with Gasteiger partial charge in [-0.25, -0.2) is 22.6 Å². The summed E-state index contributed by atoms with van der Waals surface area (Å²) in [5.74, 6) is 0.109. The fourth-order valence-corrected chi connectivity index (χ4v) is 8.55. The van der Waals surface area contributed by atoms with Crippen molar-refractivity contribution in [3.05, 3.63) is 42.7 Å². The third-order valence-electron chi connectivity index (χ3n) is 9.34. The van der Waals surface area contributed by atoms with Gasteiger partial charge in [-0.05, 0) is 77.6 Å². The summed E-state index contributed by atoms with van der Waals surface area (Å²) in [6.07, 6.45) is 5.98. The summed E-state index contributed by atoms with van der Waals surface area (Å²) in [7, 11) is -3.92. The molecule has 1 spiro atoms. The van der Waals surface area contributed by atoms with E-state index in [1.54, 1.807) is 17.3 Å². The highest BCUT2D eigenvalue weighted by molar-refractivity contribution is 7.89. The van der Waals surface area contributed by atoms with Crippen LogP contribution in [-0.2, 0) is 14.8 Å². The van der Waals surface area contributed by atoms with Crippen molar-refractivity contribution in [2.24, 2.45) is 11.3 Å². The molecule has 268 valence electrons. The van der Waals surface area contributed by atoms with Gasteiger partial charge in [-0.1, -0.05) is 0 Å². The van der Waals surface area contributed by atoms with Crippen molar-refractivity contribution in [3.63, 3.8) is 0 Å². The highest BCUT2D eigenvalue weighted by atomic mass is 32.2. The van der Waals surface area contributed by atoms with Crippen molar-refractivity contribution in [2.45, 2.75) is 64.1 Å². The highest BCUT2D eigenvalue weighted by Gasteiger charge is 2.48. The van der Waals surface area contributed by atoms with Crippen LogP contribution in [0, 0.1) is 17.2 Å². The van der Waals surface area contributed by atoms with Crippen molar-refractivity contribution < 1.29 is 27.1 Å². The van der Waals surface area contributed by atoms with Gasteiger partial charge in [-0.3, -0.25) is 5.10 Å². The molecule has 6 heterocycles. The minimum absolute atomic E-state index is 0.0276. The Hall–Kier alpha value is -4.35. The molecule has 7 rings (SSSR count). The number of fused-ring (bicyclic) bond motifs is 1. The standard InChI is InChI=1S/C33H43FN10O5S/c1-21(2)48-28-27(23-13-36-37-14-23)35-20-44-29(28)39-30(40-44)38-26-7-6-24(12-25(26)34)50(46,47)43-11-9-33(19-43)8-10-41(18-33)15-22-16-42(17-22)31(45)49-32(3,4)5/h6-7,12-14,20-22H,8-11,15-19H2,1-5H3,(H,36,37)(H,38,40). The molecule has 1 aromatic carbocycles. The molecule has 0 radical (unpaired) electrons. The summed E-state index contributed by atoms with van der Waals surface area (Å²) in [5, 5.41) is 14.0. The van der Waals surface area contributed by atoms with Gasteiger partial charge < -0.3 is 24.6 Å². The quantitative estimate of drug-likeness (QED) is 0.257. The minimum atomic E-state index is -3.92. The van der Waals surface area contributed by atoms with E-state index in [1.165, 1.54) is 27.3 Å². The highest BCUT2D eigenvalue weighted by Crippen LogP contribution is 2.42. The molecule has 3 saturated heterocycles. The number of halogens is 1. The number of carbonyl (C=O) groups is 1. The number of hydrogen-bond donors (Lipinski definition) is 2. The number of nitrogens with one attached hydrogen (secondary N) is 2. The van der Waals surface area contributed by atoms with Gasteiger partial charge in [-0.15, -0.1) is 5.10 Å². The van der Waals surface area contributed by atoms with Gasteiger partial charge >= 0.3 is 6.09 Å². The molecule has 1 unspecified atom stereocenters. The van der Waals surface area contributed by atoms with Crippen LogP contribution >= 0.6 is 0 Å². The van der Waals surface area contributed by atoms with E-state index >= 15 is 4.39 Å². The Bertz CT molecular complexity index is 1990. The first kappa shape index (κ1) is 34.1. The van der Waals surface area contributed by atoms with Crippen molar-refractivity contribution in [2.75, 3.05) is 51.1 Å². The number of nitrogens with zero attached hydrogens (tertiary/aromatic N) is 8. The summed E-state index contributed by atoms with van der Waals surface area (Å²) in [5.41, 5.74) is 0.977. The second-order valence-corrected chi connectivity index (χ2v) is 16.8. The van der Waals surface area contributed by atoms with Crippen LogP contribution in [0.4, 0.5) is 20.8 Å². The van der Waals surface area contributed by atoms with Crippen molar-refractivity contribution in [1.82, 2.24) is 43.9 Å². The second-order valence-electron chi connectivity index (χ2n) is 14.9. The Kier molecular flexibility index (Phi) is 8.71. The van der Waals surface area contributed by atoms with Crippen molar-refractivity contribution in [1.29, 1.82) is 0 Å². The maximum atomic E-state index is 15.5. The van der Waals surface area contributed by atoms with Crippen LogP contribution in [0.5, 0.6) is 5.75 Å². The van der Waals surface area contributed by atoms with Crippen LogP contribution < -0.4 is 10.1 Å². The summed E-state index contributed by atoms with van der Waals surface area (Å²) in [6.45, 7) is 14.0. The maximum absolute atomic E-state index is 15.5. The summed E-state index contributed by atoms with van der Waals surface area (Å²) < 4.78 is 57.3. The Labute approximate surface area is 290 Å². The first-order chi connectivity index (χ1) is 23.7. The molecule has 50 heavy (non-hydrogen) atoms. The Morgan fingerprint density at radius 2 is 1.96 bits per heavy atom. The number of likely N-dealkylation sites (tertiary alicyclic amines) is 2. The number of rotatable bonds is 9. The van der Waals surface area contributed by atoms with E-state index in [-0.39, 0.29) is 34.1 Å². The number of sulfonamides is 1. The van der Waals surface area contributed by atoms with E-state index in [1.807, 2.05) is 34.6 Å². The SMILES string of the molecule is CC(C)Oc1c(-c2cn[nH]c2)ncn2nc(Nc3ccc(S(=O)(=O)N4CCC5(CCN(CC6CN(C(=O)OC(C)(C)C)C6)C5)C4)cc3F)nc12. The zero-order chi connectivity index (χ0) is 35.4. The molecule has 0 aliphatic carbocycles. The second kappa shape index (κ2) is 12.8. The molecule has 4 aromatic rings. The van der Waals surface area contributed by atoms with Crippen LogP contribution in [0.25, 0.3) is 16.9 Å². The molecule has 3 aromatic heterocycles. The first-order valence-corrected chi connectivity index (χ1v) is 18.3. The predicted octanol–water partition coefficient (Wildman–Crippen LogP) is 4.14. The molecule has 1 amide bonds. The molecule has 15 nitrogen and oxygen atoms in total. The lowest BCUT2D eigenvalue weighted by Crippen LogP contribution is -2.54. The fourth-order valence-electron chi connectivity index (χ4n) is 6.99. The lowest BCUT2D eigenvalue weighted by Gasteiger charge is -2.41. The summed E-state index contributed by atoms with van der Waals surface area (Å²) in [4.78, 5) is 25.3. The number of anilines is 2. The van der Waals surface area contributed by atoms with E-state index in [0.29, 0.717) is 54.8 Å². The van der Waals surface area contributed by atoms with Crippen molar-refractivity contribution >= 4 is 33.4 Å². The van der Waals surface area contributed by atoms with E-state index in [2.05, 4.69) is 35.5 Å². The van der Waals surface area contributed by atoms with Crippen LogP contribution in [0.2, 0.25) is 0 Å². The number of hydrogen-bond acceptors (Lipinski definition) is 11. The first-order valence-electron chi connectivity index (χ1n) is 16.9. The molecule has 17 heteroatoms. The number of benzene rings is 1. The molecule has 2 N–H and O–H groups in total. The van der Waals surface area contributed by atoms with Gasteiger partial charge in [0.15, 0.2) is 5.75 Å². The third-order valence-corrected chi connectivity index (χ3v) is 11.2. The van der Waals surface area contributed by atoms with Crippen LogP contribution in [0.3, 0.4) is 0 Å². The lowest BCUT2D eigenvalue weighted by atomic mass is 9.86. The lowest BCUT2D eigenvalue weighted by molar-refractivity contribution is -0.00571. The largest absolute Gasteiger partial charge is 0.485 e. The smallest absolute Gasteiger partial charge is 0.410 e. The van der Waals surface area contributed by atoms with E-state index in [0.717, 1.165) is 38.5 Å². The van der Waals surface area contributed by atoms with Gasteiger partial charge in [0, 0.05) is 56.9 Å². The van der Waals surface area contributed by atoms with E-state index < -0.39 is 21.4 Å². The Balaban J connectivity index is 0.987. The number of ether oxygens (including phenoxy) is 2. The monoisotopic (exact) mass is 710 g/mol. The fraction of sp³-hybridized carbons (Fsp3) is 0.545. The van der Waals surface area contributed by atoms with Gasteiger partial charge in [0.1, 0.15) is 23.4 Å². The van der Waals surface area contributed by atoms with Gasteiger partial charge in [0.05, 0.1) is 22.9 Å². The topological polar surface area (TPSA) is 163 Å². The molecular formula is C33H43FN10O5S. The zero-order valence-electron chi connectivity index (χ0n) is 28.9. The molecule has 3 aliphatic rings. The maximum Gasteiger partial charge on any atom is 0.410 e. The normalized spacial score (nSPS) is 20.7. The van der Waals surface area contributed by atoms with Gasteiger partial charge in [0.25, 0.3) is 0 Å². The number of aromatic amines is 1. The number of amides is 1. The average molecular weight is 711 g/mol. The molecule has 0 saturated carbocycles. The average Bonchev–Trinajstić information content (AvgIpc) is 3.83. The minimum Gasteiger partial charge on any atom is -0.485 e. The molecule has 0 bridgehead atoms. The van der Waals surface area contributed by atoms with Gasteiger partial charge in [-0.2, -0.15) is 18.9 Å². The summed E-state index contributed by atoms with van der Waals surface area (Å²) in [6, 6.07) is 3.83. The van der Waals surface area contributed by atoms with Gasteiger partial charge in [0.2, 0.25) is 21.6 Å². The number of aromatic nitrogens is 6. The Morgan fingerprint density at radius 3 is 2.66 bits per heavy atom. The Morgan fingerprint density at radius 1 is 1.18 bits per heavy atom. The molecule has 3 fully saturated rings. The molecule has 3 aliphatic heterocycles. The molecule has 1 atom stereocenters. The van der Waals surface area contributed by atoms with E-state index in [9.17, 15) is 13.2 Å². The van der Waals surface area contributed by atoms with Crippen LogP contribution in [-0.4, -0.2) is 116 Å². The predicted molar refractivity (Wildman–Crippen MR) is 182 cm³/mol. The molecular weight excluding hydrogens is 667 g/mol. The van der Waals surface area contributed by atoms with Crippen LogP contribution in [0.1, 0.15) is 47.5 Å². The number of H-pyrrole nitrogens is 1. The van der Waals surface area contributed by atoms with Crippen LogP contribution in [0.15, 0.2) is 41.8 Å². The van der Waals surface area contributed by atoms with Crippen molar-refractivity contribution in [3.8, 4) is 17.0 Å². The third kappa shape index (κ3) is 6.85. The zero-order valence-corrected chi connectivity index (χ0v) is 29.7.